The molecule has 1 N–H and O–H groups in total. The first-order valence-electron chi connectivity index (χ1n) is 5.96. The molecule has 0 radical (unpaired) electrons. The molecule has 2 rings (SSSR count). The molecule has 0 saturated carbocycles. The van der Waals surface area contributed by atoms with E-state index in [1.165, 1.54) is 0 Å². The molecule has 1 aliphatic rings. The maximum Gasteiger partial charge on any atom is 0.125 e. The summed E-state index contributed by atoms with van der Waals surface area (Å²) in [6.07, 6.45) is 0.0880. The van der Waals surface area contributed by atoms with E-state index in [4.69, 9.17) is 9.47 Å². The third-order valence-corrected chi connectivity index (χ3v) is 2.67. The minimum atomic E-state index is 0.0880. The average Bonchev–Trinajstić information content (AvgIpc) is 2.38. The fraction of sp³-hybridized carbons (Fsp3) is 0.429. The fourth-order valence-corrected chi connectivity index (χ4v) is 1.84. The Balaban J connectivity index is 2.11. The molecule has 92 valence electrons. The van der Waals surface area contributed by atoms with E-state index in [9.17, 15) is 0 Å². The molecule has 17 heavy (non-hydrogen) atoms. The molecule has 1 fully saturated rings. The maximum absolute atomic E-state index is 5.75. The SMILES string of the molecule is C=C(C)COc1ccccc1C1CNCCO1. The van der Waals surface area contributed by atoms with Gasteiger partial charge in [0.2, 0.25) is 0 Å². The monoisotopic (exact) mass is 233 g/mol. The second kappa shape index (κ2) is 5.84. The van der Waals surface area contributed by atoms with Gasteiger partial charge in [-0.05, 0) is 18.6 Å². The summed E-state index contributed by atoms with van der Waals surface area (Å²) in [5, 5.41) is 3.33. The Bertz CT molecular complexity index is 384. The number of rotatable bonds is 4. The van der Waals surface area contributed by atoms with Gasteiger partial charge in [-0.2, -0.15) is 0 Å². The zero-order valence-electron chi connectivity index (χ0n) is 10.2. The van der Waals surface area contributed by atoms with Gasteiger partial charge in [0.1, 0.15) is 12.4 Å². The first kappa shape index (κ1) is 12.1. The summed E-state index contributed by atoms with van der Waals surface area (Å²) in [5.41, 5.74) is 2.13. The lowest BCUT2D eigenvalue weighted by molar-refractivity contribution is 0.0260. The van der Waals surface area contributed by atoms with Crippen LogP contribution in [-0.2, 0) is 4.74 Å². The quantitative estimate of drug-likeness (QED) is 0.809. The summed E-state index contributed by atoms with van der Waals surface area (Å²) >= 11 is 0. The smallest absolute Gasteiger partial charge is 0.125 e. The van der Waals surface area contributed by atoms with Crippen LogP contribution in [0.15, 0.2) is 36.4 Å². The summed E-state index contributed by atoms with van der Waals surface area (Å²) < 4.78 is 11.5. The van der Waals surface area contributed by atoms with Crippen LogP contribution < -0.4 is 10.1 Å². The maximum atomic E-state index is 5.75. The summed E-state index contributed by atoms with van der Waals surface area (Å²) in [6.45, 7) is 8.87. The van der Waals surface area contributed by atoms with Crippen LogP contribution in [0.2, 0.25) is 0 Å². The summed E-state index contributed by atoms with van der Waals surface area (Å²) in [6, 6.07) is 8.04. The second-order valence-electron chi connectivity index (χ2n) is 4.35. The van der Waals surface area contributed by atoms with Crippen molar-refractivity contribution in [3.63, 3.8) is 0 Å². The summed E-state index contributed by atoms with van der Waals surface area (Å²) in [4.78, 5) is 0. The molecular formula is C14H19NO2. The highest BCUT2D eigenvalue weighted by molar-refractivity contribution is 5.35. The highest BCUT2D eigenvalue weighted by atomic mass is 16.5. The number of ether oxygens (including phenoxy) is 2. The van der Waals surface area contributed by atoms with Crippen LogP contribution >= 0.6 is 0 Å². The van der Waals surface area contributed by atoms with Gasteiger partial charge < -0.3 is 14.8 Å². The molecule has 1 heterocycles. The Morgan fingerprint density at radius 1 is 1.53 bits per heavy atom. The van der Waals surface area contributed by atoms with E-state index in [-0.39, 0.29) is 6.10 Å². The van der Waals surface area contributed by atoms with Crippen molar-refractivity contribution in [2.45, 2.75) is 13.0 Å². The molecule has 0 spiro atoms. The lowest BCUT2D eigenvalue weighted by Gasteiger charge is -2.25. The molecule has 0 aromatic heterocycles. The minimum absolute atomic E-state index is 0.0880. The van der Waals surface area contributed by atoms with E-state index in [0.717, 1.165) is 36.6 Å². The Kier molecular flexibility index (Phi) is 4.18. The van der Waals surface area contributed by atoms with Gasteiger partial charge in [0.25, 0.3) is 0 Å². The van der Waals surface area contributed by atoms with Crippen LogP contribution in [0.1, 0.15) is 18.6 Å². The van der Waals surface area contributed by atoms with E-state index < -0.39 is 0 Å². The van der Waals surface area contributed by atoms with Gasteiger partial charge in [0, 0.05) is 18.7 Å². The predicted octanol–water partition coefficient (Wildman–Crippen LogP) is 2.30. The van der Waals surface area contributed by atoms with E-state index in [2.05, 4.69) is 18.0 Å². The van der Waals surface area contributed by atoms with Crippen molar-refractivity contribution in [2.75, 3.05) is 26.3 Å². The Hall–Kier alpha value is -1.32. The number of hydrogen-bond acceptors (Lipinski definition) is 3. The number of morpholine rings is 1. The molecule has 3 heteroatoms. The molecule has 1 saturated heterocycles. The first-order valence-corrected chi connectivity index (χ1v) is 5.96. The van der Waals surface area contributed by atoms with Crippen molar-refractivity contribution < 1.29 is 9.47 Å². The molecule has 0 aliphatic carbocycles. The van der Waals surface area contributed by atoms with Crippen LogP contribution in [0.5, 0.6) is 5.75 Å². The average molecular weight is 233 g/mol. The molecule has 1 aromatic carbocycles. The van der Waals surface area contributed by atoms with Crippen molar-refractivity contribution in [3.8, 4) is 5.75 Å². The summed E-state index contributed by atoms with van der Waals surface area (Å²) in [7, 11) is 0. The molecule has 0 bridgehead atoms. The number of nitrogens with one attached hydrogen (secondary N) is 1. The van der Waals surface area contributed by atoms with E-state index >= 15 is 0 Å². The van der Waals surface area contributed by atoms with Crippen LogP contribution in [0, 0.1) is 0 Å². The van der Waals surface area contributed by atoms with Gasteiger partial charge in [-0.25, -0.2) is 0 Å². The largest absolute Gasteiger partial charge is 0.489 e. The lowest BCUT2D eigenvalue weighted by Crippen LogP contribution is -2.33. The highest BCUT2D eigenvalue weighted by Crippen LogP contribution is 2.28. The Labute approximate surface area is 102 Å². The third-order valence-electron chi connectivity index (χ3n) is 2.67. The minimum Gasteiger partial charge on any atom is -0.489 e. The first-order chi connectivity index (χ1) is 8.27. The normalized spacial score (nSPS) is 19.9. The second-order valence-corrected chi connectivity index (χ2v) is 4.35. The molecule has 3 nitrogen and oxygen atoms in total. The van der Waals surface area contributed by atoms with Gasteiger partial charge in [-0.3, -0.25) is 0 Å². The van der Waals surface area contributed by atoms with Gasteiger partial charge in [-0.1, -0.05) is 24.8 Å². The molecule has 1 atom stereocenters. The molecule has 1 aliphatic heterocycles. The zero-order chi connectivity index (χ0) is 12.1. The van der Waals surface area contributed by atoms with Crippen molar-refractivity contribution >= 4 is 0 Å². The van der Waals surface area contributed by atoms with Gasteiger partial charge >= 0.3 is 0 Å². The van der Waals surface area contributed by atoms with Crippen molar-refractivity contribution in [1.82, 2.24) is 5.32 Å². The molecule has 0 amide bonds. The van der Waals surface area contributed by atoms with E-state index in [1.54, 1.807) is 0 Å². The lowest BCUT2D eigenvalue weighted by atomic mass is 10.1. The van der Waals surface area contributed by atoms with Gasteiger partial charge in [0.05, 0.1) is 12.7 Å². The third kappa shape index (κ3) is 3.32. The topological polar surface area (TPSA) is 30.5 Å². The number of para-hydroxylation sites is 1. The Morgan fingerprint density at radius 2 is 2.35 bits per heavy atom. The predicted molar refractivity (Wildman–Crippen MR) is 68.3 cm³/mol. The van der Waals surface area contributed by atoms with E-state index in [1.807, 2.05) is 25.1 Å². The van der Waals surface area contributed by atoms with Gasteiger partial charge in [-0.15, -0.1) is 0 Å². The highest BCUT2D eigenvalue weighted by Gasteiger charge is 2.19. The van der Waals surface area contributed by atoms with Crippen LogP contribution in [0.4, 0.5) is 0 Å². The molecular weight excluding hydrogens is 214 g/mol. The van der Waals surface area contributed by atoms with Crippen molar-refractivity contribution in [3.05, 3.63) is 42.0 Å². The van der Waals surface area contributed by atoms with Crippen molar-refractivity contribution in [2.24, 2.45) is 0 Å². The van der Waals surface area contributed by atoms with Crippen LogP contribution in [0.3, 0.4) is 0 Å². The standard InChI is InChI=1S/C14H19NO2/c1-11(2)10-17-13-6-4-3-5-12(13)14-9-15-7-8-16-14/h3-6,14-15H,1,7-10H2,2H3. The Morgan fingerprint density at radius 3 is 3.06 bits per heavy atom. The summed E-state index contributed by atoms with van der Waals surface area (Å²) in [5.74, 6) is 0.893. The van der Waals surface area contributed by atoms with Crippen LogP contribution in [-0.4, -0.2) is 26.3 Å². The molecule has 1 unspecified atom stereocenters. The van der Waals surface area contributed by atoms with E-state index in [0.29, 0.717) is 6.61 Å². The zero-order valence-corrected chi connectivity index (χ0v) is 10.2. The molecule has 1 aromatic rings. The fourth-order valence-electron chi connectivity index (χ4n) is 1.84. The van der Waals surface area contributed by atoms with Crippen molar-refractivity contribution in [1.29, 1.82) is 0 Å². The number of hydrogen-bond donors (Lipinski definition) is 1. The number of benzene rings is 1. The van der Waals surface area contributed by atoms with Gasteiger partial charge in [0.15, 0.2) is 0 Å². The van der Waals surface area contributed by atoms with Crippen LogP contribution in [0.25, 0.3) is 0 Å².